The molecule has 0 fully saturated rings. The van der Waals surface area contributed by atoms with Crippen LogP contribution < -0.4 is 0 Å². The van der Waals surface area contributed by atoms with Crippen molar-refractivity contribution >= 4 is 28.6 Å². The summed E-state index contributed by atoms with van der Waals surface area (Å²) in [7, 11) is 0. The van der Waals surface area contributed by atoms with E-state index in [1.54, 1.807) is 0 Å². The van der Waals surface area contributed by atoms with Crippen LogP contribution in [0.1, 0.15) is 5.56 Å². The molecule has 0 aliphatic carbocycles. The van der Waals surface area contributed by atoms with E-state index in [0.29, 0.717) is 10.6 Å². The van der Waals surface area contributed by atoms with Crippen molar-refractivity contribution in [3.63, 3.8) is 0 Å². The van der Waals surface area contributed by atoms with E-state index < -0.39 is 11.6 Å². The van der Waals surface area contributed by atoms with Crippen molar-refractivity contribution in [2.75, 3.05) is 0 Å². The molecule has 0 nitrogen and oxygen atoms in total. The van der Waals surface area contributed by atoms with Crippen LogP contribution in [-0.4, -0.2) is 0 Å². The molecule has 0 aliphatic heterocycles. The molecular formula is C7H5BrClF2Zn. The molecule has 0 saturated heterocycles. The van der Waals surface area contributed by atoms with Gasteiger partial charge in [-0.1, -0.05) is 0 Å². The summed E-state index contributed by atoms with van der Waals surface area (Å²) in [5, 5.41) is 0.640. The number of halogens is 4. The third-order valence-corrected chi connectivity index (χ3v) is 2.78. The SMILES string of the molecule is Br.Fc1cc(F)c([CH2][Zn])cc1Cl. The summed E-state index contributed by atoms with van der Waals surface area (Å²) in [4.78, 5) is 0. The van der Waals surface area contributed by atoms with Crippen molar-refractivity contribution in [3.8, 4) is 0 Å². The second-order valence-corrected chi connectivity index (χ2v) is 3.56. The van der Waals surface area contributed by atoms with Crippen LogP contribution in [0.5, 0.6) is 0 Å². The van der Waals surface area contributed by atoms with Crippen molar-refractivity contribution in [3.05, 3.63) is 34.4 Å². The van der Waals surface area contributed by atoms with Crippen LogP contribution in [0.15, 0.2) is 12.1 Å². The molecule has 0 saturated carbocycles. The van der Waals surface area contributed by atoms with Gasteiger partial charge in [0.15, 0.2) is 0 Å². The maximum atomic E-state index is 12.8. The molecule has 0 amide bonds. The second-order valence-electron chi connectivity index (χ2n) is 2.11. The third kappa shape index (κ3) is 2.75. The van der Waals surface area contributed by atoms with Crippen molar-refractivity contribution in [1.29, 1.82) is 0 Å². The fourth-order valence-corrected chi connectivity index (χ4v) is 1.75. The molecule has 1 rings (SSSR count). The summed E-state index contributed by atoms with van der Waals surface area (Å²) in [6.45, 7) is 0. The Morgan fingerprint density at radius 2 is 1.83 bits per heavy atom. The van der Waals surface area contributed by atoms with Gasteiger partial charge in [-0.3, -0.25) is 0 Å². The fourth-order valence-electron chi connectivity index (χ4n) is 0.755. The molecule has 1 aromatic carbocycles. The molecular weight excluding hydrogens is 303 g/mol. The van der Waals surface area contributed by atoms with Crippen LogP contribution in [0.4, 0.5) is 8.78 Å². The zero-order valence-electron chi connectivity index (χ0n) is 6.11. The van der Waals surface area contributed by atoms with Gasteiger partial charge in [0, 0.05) is 0 Å². The Morgan fingerprint density at radius 3 is 2.33 bits per heavy atom. The Bertz CT molecular complexity index is 280. The molecule has 0 aromatic heterocycles. The third-order valence-electron chi connectivity index (χ3n) is 1.36. The predicted octanol–water partition coefficient (Wildman–Crippen LogP) is 3.24. The topological polar surface area (TPSA) is 0 Å². The maximum absolute atomic E-state index is 12.8. The van der Waals surface area contributed by atoms with E-state index in [0.717, 1.165) is 24.4 Å². The second kappa shape index (κ2) is 5.26. The first kappa shape index (κ1) is 12.5. The normalized spacial score (nSPS) is 9.42. The van der Waals surface area contributed by atoms with Crippen LogP contribution in [0, 0.1) is 11.6 Å². The van der Waals surface area contributed by atoms with Crippen molar-refractivity contribution in [1.82, 2.24) is 0 Å². The summed E-state index contributed by atoms with van der Waals surface area (Å²) in [5.41, 5.74) is 0.497. The van der Waals surface area contributed by atoms with Gasteiger partial charge in [-0.05, 0) is 0 Å². The minimum atomic E-state index is -0.693. The van der Waals surface area contributed by atoms with E-state index in [1.807, 2.05) is 0 Å². The van der Waals surface area contributed by atoms with Gasteiger partial charge in [0.05, 0.1) is 0 Å². The molecule has 0 bridgehead atoms. The van der Waals surface area contributed by atoms with E-state index in [9.17, 15) is 8.78 Å². The van der Waals surface area contributed by atoms with Gasteiger partial charge in [-0.15, -0.1) is 17.0 Å². The molecule has 0 heterocycles. The molecule has 0 aliphatic rings. The van der Waals surface area contributed by atoms with Gasteiger partial charge in [0.1, 0.15) is 0 Å². The number of benzene rings is 1. The summed E-state index contributed by atoms with van der Waals surface area (Å²) < 4.78 is 25.3. The Labute approximate surface area is 94.7 Å². The number of rotatable bonds is 1. The summed E-state index contributed by atoms with van der Waals surface area (Å²) >= 11 is 6.38. The van der Waals surface area contributed by atoms with E-state index in [4.69, 9.17) is 11.6 Å². The molecule has 1 aromatic rings. The molecule has 12 heavy (non-hydrogen) atoms. The Balaban J connectivity index is 0.00000121. The van der Waals surface area contributed by atoms with Crippen LogP contribution >= 0.6 is 28.6 Å². The first-order chi connectivity index (χ1) is 5.15. The predicted molar refractivity (Wildman–Crippen MR) is 45.4 cm³/mol. The van der Waals surface area contributed by atoms with E-state index >= 15 is 0 Å². The van der Waals surface area contributed by atoms with E-state index in [1.165, 1.54) is 6.07 Å². The van der Waals surface area contributed by atoms with Gasteiger partial charge in [-0.2, -0.15) is 0 Å². The van der Waals surface area contributed by atoms with Crippen LogP contribution in [0.25, 0.3) is 0 Å². The van der Waals surface area contributed by atoms with Gasteiger partial charge < -0.3 is 0 Å². The average molecular weight is 308 g/mol. The standard InChI is InChI=1S/C7H4ClF2.BrH.Zn/c1-4-2-5(8)7(10)3-6(4)9;;/h2-3H,1H2;1H;. The van der Waals surface area contributed by atoms with E-state index in [-0.39, 0.29) is 22.0 Å². The molecule has 0 radical (unpaired) electrons. The molecule has 63 valence electrons. The number of hydrogen-bond acceptors (Lipinski definition) is 0. The number of hydrogen-bond donors (Lipinski definition) is 0. The van der Waals surface area contributed by atoms with Crippen molar-refractivity contribution in [2.45, 2.75) is 5.02 Å². The molecule has 0 atom stereocenters. The van der Waals surface area contributed by atoms with Crippen molar-refractivity contribution in [2.24, 2.45) is 0 Å². The summed E-state index contributed by atoms with van der Waals surface area (Å²) in [6.07, 6.45) is 0. The van der Waals surface area contributed by atoms with Gasteiger partial charge >= 0.3 is 78.1 Å². The van der Waals surface area contributed by atoms with Crippen LogP contribution in [0.2, 0.25) is 5.02 Å². The fraction of sp³-hybridized carbons (Fsp3) is 0.143. The zero-order chi connectivity index (χ0) is 8.43. The minimum absolute atomic E-state index is 0. The zero-order valence-corrected chi connectivity index (χ0v) is 11.5. The van der Waals surface area contributed by atoms with E-state index in [2.05, 4.69) is 0 Å². The van der Waals surface area contributed by atoms with Crippen molar-refractivity contribution < 1.29 is 27.1 Å². The molecule has 0 N–H and O–H groups in total. The molecule has 0 spiro atoms. The molecule has 5 heteroatoms. The Hall–Kier alpha value is 0.473. The van der Waals surface area contributed by atoms with Gasteiger partial charge in [0.25, 0.3) is 0 Å². The first-order valence-electron chi connectivity index (χ1n) is 3.08. The Kier molecular flexibility index (Phi) is 5.46. The van der Waals surface area contributed by atoms with Gasteiger partial charge in [0.2, 0.25) is 0 Å². The Morgan fingerprint density at radius 1 is 1.25 bits per heavy atom. The quantitative estimate of drug-likeness (QED) is 0.552. The summed E-state index contributed by atoms with van der Waals surface area (Å²) in [5.74, 6) is -1.19. The summed E-state index contributed by atoms with van der Waals surface area (Å²) in [6, 6.07) is 2.17. The monoisotopic (exact) mass is 305 g/mol. The van der Waals surface area contributed by atoms with Gasteiger partial charge in [-0.25, -0.2) is 0 Å². The average Bonchev–Trinajstić information content (AvgIpc) is 1.97. The van der Waals surface area contributed by atoms with Crippen LogP contribution in [0.3, 0.4) is 0 Å². The first-order valence-corrected chi connectivity index (χ1v) is 5.55. The molecule has 0 unspecified atom stereocenters. The van der Waals surface area contributed by atoms with Crippen LogP contribution in [-0.2, 0) is 23.3 Å².